The molecule has 0 aromatic heterocycles. The summed E-state index contributed by atoms with van der Waals surface area (Å²) >= 11 is 0. The van der Waals surface area contributed by atoms with Gasteiger partial charge in [-0.05, 0) is 37.5 Å². The van der Waals surface area contributed by atoms with Crippen LogP contribution in [0.2, 0.25) is 0 Å². The minimum Gasteiger partial charge on any atom is -0.385 e. The third-order valence-corrected chi connectivity index (χ3v) is 3.18. The minimum absolute atomic E-state index is 0.0343. The molecule has 0 aliphatic rings. The van der Waals surface area contributed by atoms with Crippen LogP contribution >= 0.6 is 0 Å². The first-order valence-electron chi connectivity index (χ1n) is 7.06. The second-order valence-electron chi connectivity index (χ2n) is 5.09. The van der Waals surface area contributed by atoms with Crippen molar-refractivity contribution in [1.82, 2.24) is 5.32 Å². The third-order valence-electron chi connectivity index (χ3n) is 3.18. The quantitative estimate of drug-likeness (QED) is 0.780. The molecule has 1 rings (SSSR count). The van der Waals surface area contributed by atoms with E-state index < -0.39 is 0 Å². The maximum atomic E-state index is 11.9. The van der Waals surface area contributed by atoms with E-state index >= 15 is 0 Å². The SMILES string of the molecule is COCCCNC(=O)CN(C(C)=O)c1cc(C)ccc1C. The number of nitrogens with one attached hydrogen (secondary N) is 1. The Morgan fingerprint density at radius 3 is 2.62 bits per heavy atom. The molecule has 116 valence electrons. The number of carbonyl (C=O) groups excluding carboxylic acids is 2. The van der Waals surface area contributed by atoms with E-state index in [-0.39, 0.29) is 18.4 Å². The van der Waals surface area contributed by atoms with Crippen LogP contribution in [0.1, 0.15) is 24.5 Å². The molecule has 1 N–H and O–H groups in total. The number of nitrogens with zero attached hydrogens (tertiary/aromatic N) is 1. The molecule has 0 aliphatic heterocycles. The van der Waals surface area contributed by atoms with Crippen molar-refractivity contribution in [3.63, 3.8) is 0 Å². The molecule has 5 heteroatoms. The van der Waals surface area contributed by atoms with Crippen molar-refractivity contribution < 1.29 is 14.3 Å². The van der Waals surface area contributed by atoms with E-state index in [1.54, 1.807) is 7.11 Å². The van der Waals surface area contributed by atoms with E-state index in [1.165, 1.54) is 11.8 Å². The Kier molecular flexibility index (Phi) is 6.88. The summed E-state index contributed by atoms with van der Waals surface area (Å²) in [6.07, 6.45) is 0.756. The van der Waals surface area contributed by atoms with Crippen LogP contribution in [0, 0.1) is 13.8 Å². The molecule has 0 saturated heterocycles. The zero-order valence-electron chi connectivity index (χ0n) is 13.2. The van der Waals surface area contributed by atoms with Crippen LogP contribution < -0.4 is 10.2 Å². The summed E-state index contributed by atoms with van der Waals surface area (Å²) in [5, 5.41) is 2.79. The number of benzene rings is 1. The van der Waals surface area contributed by atoms with E-state index in [4.69, 9.17) is 4.74 Å². The number of hydrogen-bond donors (Lipinski definition) is 1. The van der Waals surface area contributed by atoms with Crippen molar-refractivity contribution in [3.05, 3.63) is 29.3 Å². The van der Waals surface area contributed by atoms with Crippen LogP contribution in [0.4, 0.5) is 5.69 Å². The lowest BCUT2D eigenvalue weighted by Crippen LogP contribution is -2.40. The summed E-state index contributed by atoms with van der Waals surface area (Å²) < 4.78 is 4.93. The first-order chi connectivity index (χ1) is 9.95. The molecule has 0 spiro atoms. The molecular weight excluding hydrogens is 268 g/mol. The number of methoxy groups -OCH3 is 1. The largest absolute Gasteiger partial charge is 0.385 e. The number of rotatable bonds is 7. The molecular formula is C16H24N2O3. The van der Waals surface area contributed by atoms with E-state index in [9.17, 15) is 9.59 Å². The Hall–Kier alpha value is -1.88. The average molecular weight is 292 g/mol. The van der Waals surface area contributed by atoms with Gasteiger partial charge in [0.2, 0.25) is 11.8 Å². The van der Waals surface area contributed by atoms with Crippen LogP contribution in [0.3, 0.4) is 0 Å². The minimum atomic E-state index is -0.165. The van der Waals surface area contributed by atoms with Gasteiger partial charge in [0, 0.05) is 32.9 Å². The van der Waals surface area contributed by atoms with Crippen LogP contribution in [-0.4, -0.2) is 38.6 Å². The summed E-state index contributed by atoms with van der Waals surface area (Å²) in [6.45, 7) is 6.55. The van der Waals surface area contributed by atoms with Crippen molar-refractivity contribution in [1.29, 1.82) is 0 Å². The Labute approximate surface area is 126 Å². The molecule has 2 amide bonds. The van der Waals surface area contributed by atoms with Gasteiger partial charge in [0.15, 0.2) is 0 Å². The number of anilines is 1. The number of carbonyl (C=O) groups is 2. The van der Waals surface area contributed by atoms with Crippen LogP contribution in [0.5, 0.6) is 0 Å². The zero-order valence-corrected chi connectivity index (χ0v) is 13.2. The van der Waals surface area contributed by atoms with Crippen molar-refractivity contribution >= 4 is 17.5 Å². The fourth-order valence-corrected chi connectivity index (χ4v) is 2.02. The van der Waals surface area contributed by atoms with E-state index in [1.807, 2.05) is 32.0 Å². The molecule has 0 aliphatic carbocycles. The molecule has 21 heavy (non-hydrogen) atoms. The van der Waals surface area contributed by atoms with Crippen LogP contribution in [-0.2, 0) is 14.3 Å². The second-order valence-corrected chi connectivity index (χ2v) is 5.09. The molecule has 1 aromatic carbocycles. The third kappa shape index (κ3) is 5.55. The smallest absolute Gasteiger partial charge is 0.240 e. The fourth-order valence-electron chi connectivity index (χ4n) is 2.02. The molecule has 0 fully saturated rings. The number of aryl methyl sites for hydroxylation is 2. The molecule has 0 heterocycles. The highest BCUT2D eigenvalue weighted by molar-refractivity contribution is 5.98. The van der Waals surface area contributed by atoms with Gasteiger partial charge in [0.1, 0.15) is 6.54 Å². The lowest BCUT2D eigenvalue weighted by molar-refractivity contribution is -0.123. The highest BCUT2D eigenvalue weighted by atomic mass is 16.5. The summed E-state index contributed by atoms with van der Waals surface area (Å²) in [6, 6.07) is 5.87. The maximum Gasteiger partial charge on any atom is 0.240 e. The lowest BCUT2D eigenvalue weighted by atomic mass is 10.1. The van der Waals surface area contributed by atoms with Crippen molar-refractivity contribution in [2.75, 3.05) is 31.7 Å². The van der Waals surface area contributed by atoms with Crippen molar-refractivity contribution in [2.24, 2.45) is 0 Å². The predicted molar refractivity (Wildman–Crippen MR) is 83.4 cm³/mol. The highest BCUT2D eigenvalue weighted by Gasteiger charge is 2.17. The standard InChI is InChI=1S/C16H24N2O3/c1-12-6-7-13(2)15(10-12)18(14(3)19)11-16(20)17-8-5-9-21-4/h6-7,10H,5,8-9,11H2,1-4H3,(H,17,20). The zero-order chi connectivity index (χ0) is 15.8. The molecule has 0 unspecified atom stereocenters. The van der Waals surface area contributed by atoms with Gasteiger partial charge in [-0.1, -0.05) is 12.1 Å². The van der Waals surface area contributed by atoms with Crippen LogP contribution in [0.15, 0.2) is 18.2 Å². The van der Waals surface area contributed by atoms with Crippen molar-refractivity contribution in [3.8, 4) is 0 Å². The highest BCUT2D eigenvalue weighted by Crippen LogP contribution is 2.21. The van der Waals surface area contributed by atoms with Gasteiger partial charge in [-0.2, -0.15) is 0 Å². The van der Waals surface area contributed by atoms with E-state index in [0.29, 0.717) is 13.2 Å². The molecule has 5 nitrogen and oxygen atoms in total. The van der Waals surface area contributed by atoms with E-state index in [2.05, 4.69) is 5.32 Å². The molecule has 0 saturated carbocycles. The number of amides is 2. The Bertz CT molecular complexity index is 500. The first kappa shape index (κ1) is 17.2. The summed E-state index contributed by atoms with van der Waals surface area (Å²) in [5.41, 5.74) is 2.82. The average Bonchev–Trinajstić information content (AvgIpc) is 2.43. The summed E-state index contributed by atoms with van der Waals surface area (Å²) in [7, 11) is 1.62. The Morgan fingerprint density at radius 1 is 1.29 bits per heavy atom. The summed E-state index contributed by atoms with van der Waals surface area (Å²) in [4.78, 5) is 25.3. The molecule has 0 radical (unpaired) electrons. The van der Waals surface area contributed by atoms with Gasteiger partial charge in [-0.3, -0.25) is 9.59 Å². The van der Waals surface area contributed by atoms with Gasteiger partial charge >= 0.3 is 0 Å². The Balaban J connectivity index is 2.72. The maximum absolute atomic E-state index is 11.9. The molecule has 1 aromatic rings. The van der Waals surface area contributed by atoms with Gasteiger partial charge in [0.05, 0.1) is 0 Å². The van der Waals surface area contributed by atoms with Gasteiger partial charge in [-0.15, -0.1) is 0 Å². The monoisotopic (exact) mass is 292 g/mol. The normalized spacial score (nSPS) is 10.3. The topological polar surface area (TPSA) is 58.6 Å². The molecule has 0 atom stereocenters. The van der Waals surface area contributed by atoms with Crippen molar-refractivity contribution in [2.45, 2.75) is 27.2 Å². The van der Waals surface area contributed by atoms with Gasteiger partial charge < -0.3 is 15.0 Å². The number of ether oxygens (including phenoxy) is 1. The van der Waals surface area contributed by atoms with E-state index in [0.717, 1.165) is 23.2 Å². The van der Waals surface area contributed by atoms with Crippen LogP contribution in [0.25, 0.3) is 0 Å². The lowest BCUT2D eigenvalue weighted by Gasteiger charge is -2.23. The fraction of sp³-hybridized carbons (Fsp3) is 0.500. The predicted octanol–water partition coefficient (Wildman–Crippen LogP) is 1.81. The van der Waals surface area contributed by atoms with Gasteiger partial charge in [0.25, 0.3) is 0 Å². The molecule has 0 bridgehead atoms. The van der Waals surface area contributed by atoms with Gasteiger partial charge in [-0.25, -0.2) is 0 Å². The number of hydrogen-bond acceptors (Lipinski definition) is 3. The summed E-state index contributed by atoms with van der Waals surface area (Å²) in [5.74, 6) is -0.307. The first-order valence-corrected chi connectivity index (χ1v) is 7.06. The Morgan fingerprint density at radius 2 is 2.00 bits per heavy atom. The second kappa shape index (κ2) is 8.42.